The minimum atomic E-state index is -1.24. The van der Waals surface area contributed by atoms with E-state index >= 15 is 4.39 Å². The van der Waals surface area contributed by atoms with E-state index in [1.54, 1.807) is 12.1 Å². The Morgan fingerprint density at radius 3 is 1.97 bits per heavy atom. The number of hydrogen-bond acceptors (Lipinski definition) is 1. The van der Waals surface area contributed by atoms with E-state index in [2.05, 4.69) is 6.92 Å². The summed E-state index contributed by atoms with van der Waals surface area (Å²) in [6, 6.07) is 10.0. The van der Waals surface area contributed by atoms with Gasteiger partial charge in [0.2, 0.25) is 0 Å². The molecule has 0 aliphatic rings. The molecule has 1 nitrogen and oxygen atoms in total. The summed E-state index contributed by atoms with van der Waals surface area (Å²) in [6.45, 7) is 3.98. The molecule has 162 valence electrons. The zero-order valence-corrected chi connectivity index (χ0v) is 17.6. The highest BCUT2D eigenvalue weighted by Gasteiger charge is 2.25. The molecular weight excluding hydrogens is 404 g/mol. The number of hydrogen-bond donors (Lipinski definition) is 0. The number of fused-ring (bicyclic) bond motifs is 3. The lowest BCUT2D eigenvalue weighted by Crippen LogP contribution is -1.96. The van der Waals surface area contributed by atoms with E-state index in [4.69, 9.17) is 4.42 Å². The second-order valence-electron chi connectivity index (χ2n) is 7.97. The fraction of sp³-hybridized carbons (Fsp3) is 0.308. The molecule has 0 saturated carbocycles. The summed E-state index contributed by atoms with van der Waals surface area (Å²) in [7, 11) is 0. The molecule has 0 bridgehead atoms. The summed E-state index contributed by atoms with van der Waals surface area (Å²) in [5.41, 5.74) is 1.81. The molecule has 0 unspecified atom stereocenters. The maximum absolute atomic E-state index is 15.0. The van der Waals surface area contributed by atoms with Crippen molar-refractivity contribution in [2.75, 3.05) is 0 Å². The third kappa shape index (κ3) is 3.82. The fourth-order valence-electron chi connectivity index (χ4n) is 4.09. The monoisotopic (exact) mass is 428 g/mol. The van der Waals surface area contributed by atoms with Gasteiger partial charge in [0.05, 0.1) is 10.8 Å². The second kappa shape index (κ2) is 8.74. The first kappa shape index (κ1) is 21.4. The Balaban J connectivity index is 1.82. The molecule has 3 aromatic carbocycles. The van der Waals surface area contributed by atoms with E-state index in [1.807, 2.05) is 19.1 Å². The van der Waals surface area contributed by atoms with E-state index in [0.29, 0.717) is 18.4 Å². The van der Waals surface area contributed by atoms with Crippen molar-refractivity contribution < 1.29 is 22.0 Å². The van der Waals surface area contributed by atoms with Gasteiger partial charge >= 0.3 is 0 Å². The first-order valence-corrected chi connectivity index (χ1v) is 10.8. The SMILES string of the molecule is CCCCCc1ccc(-c2cc3oc4cc(CCC)c(F)c(F)c4c3c(F)c2F)cc1. The number of furan rings is 1. The molecule has 0 N–H and O–H groups in total. The van der Waals surface area contributed by atoms with Crippen LogP contribution in [0.25, 0.3) is 33.1 Å². The minimum absolute atomic E-state index is 0.0112. The van der Waals surface area contributed by atoms with Gasteiger partial charge in [-0.2, -0.15) is 0 Å². The van der Waals surface area contributed by atoms with Crippen molar-refractivity contribution in [3.63, 3.8) is 0 Å². The quantitative estimate of drug-likeness (QED) is 0.212. The van der Waals surface area contributed by atoms with Crippen molar-refractivity contribution in [3.05, 3.63) is 70.8 Å². The predicted octanol–water partition coefficient (Wildman–Crippen LogP) is 8.49. The molecule has 0 radical (unpaired) electrons. The highest BCUT2D eigenvalue weighted by molar-refractivity contribution is 6.07. The average molecular weight is 428 g/mol. The number of aryl methyl sites for hydroxylation is 2. The maximum Gasteiger partial charge on any atom is 0.171 e. The third-order valence-corrected chi connectivity index (χ3v) is 5.74. The van der Waals surface area contributed by atoms with Crippen LogP contribution in [0.4, 0.5) is 17.6 Å². The molecule has 1 heterocycles. The van der Waals surface area contributed by atoms with Gasteiger partial charge < -0.3 is 4.42 Å². The van der Waals surface area contributed by atoms with Crippen LogP contribution in [-0.4, -0.2) is 0 Å². The Hall–Kier alpha value is -2.82. The lowest BCUT2D eigenvalue weighted by molar-refractivity contribution is 0.504. The fourth-order valence-corrected chi connectivity index (χ4v) is 4.09. The van der Waals surface area contributed by atoms with Gasteiger partial charge in [-0.25, -0.2) is 17.6 Å². The predicted molar refractivity (Wildman–Crippen MR) is 116 cm³/mol. The van der Waals surface area contributed by atoms with Crippen LogP contribution in [0.1, 0.15) is 50.7 Å². The lowest BCUT2D eigenvalue weighted by Gasteiger charge is -2.07. The smallest absolute Gasteiger partial charge is 0.171 e. The molecule has 0 amide bonds. The molecule has 0 atom stereocenters. The molecule has 0 aliphatic carbocycles. The molecule has 31 heavy (non-hydrogen) atoms. The van der Waals surface area contributed by atoms with Gasteiger partial charge in [0.15, 0.2) is 23.3 Å². The zero-order chi connectivity index (χ0) is 22.1. The third-order valence-electron chi connectivity index (χ3n) is 5.74. The highest BCUT2D eigenvalue weighted by atomic mass is 19.2. The highest BCUT2D eigenvalue weighted by Crippen LogP contribution is 2.39. The van der Waals surface area contributed by atoms with Gasteiger partial charge in [0, 0.05) is 5.56 Å². The van der Waals surface area contributed by atoms with Crippen LogP contribution < -0.4 is 0 Å². The molecular formula is C26H24F4O. The lowest BCUT2D eigenvalue weighted by atomic mass is 9.99. The Bertz CT molecular complexity index is 1240. The van der Waals surface area contributed by atoms with E-state index < -0.39 is 23.3 Å². The van der Waals surface area contributed by atoms with E-state index in [9.17, 15) is 13.2 Å². The summed E-state index contributed by atoms with van der Waals surface area (Å²) >= 11 is 0. The summed E-state index contributed by atoms with van der Waals surface area (Å²) in [6.07, 6.45) is 5.21. The molecule has 4 aromatic rings. The topological polar surface area (TPSA) is 13.1 Å². The first-order chi connectivity index (χ1) is 15.0. The van der Waals surface area contributed by atoms with E-state index in [1.165, 1.54) is 12.1 Å². The normalized spacial score (nSPS) is 11.7. The van der Waals surface area contributed by atoms with Crippen LogP contribution in [0, 0.1) is 23.3 Å². The van der Waals surface area contributed by atoms with Gasteiger partial charge in [-0.05, 0) is 48.1 Å². The van der Waals surface area contributed by atoms with Crippen LogP contribution in [-0.2, 0) is 12.8 Å². The van der Waals surface area contributed by atoms with E-state index in [-0.39, 0.29) is 33.1 Å². The van der Waals surface area contributed by atoms with Gasteiger partial charge in [0.1, 0.15) is 11.2 Å². The van der Waals surface area contributed by atoms with Crippen molar-refractivity contribution in [1.82, 2.24) is 0 Å². The van der Waals surface area contributed by atoms with Crippen molar-refractivity contribution in [3.8, 4) is 11.1 Å². The summed E-state index contributed by atoms with van der Waals surface area (Å²) in [5, 5.41) is -0.728. The van der Waals surface area contributed by atoms with E-state index in [0.717, 1.165) is 31.2 Å². The molecule has 0 saturated heterocycles. The Morgan fingerprint density at radius 2 is 1.32 bits per heavy atom. The Morgan fingerprint density at radius 1 is 0.677 bits per heavy atom. The van der Waals surface area contributed by atoms with Gasteiger partial charge in [-0.15, -0.1) is 0 Å². The molecule has 0 aliphatic heterocycles. The van der Waals surface area contributed by atoms with Crippen molar-refractivity contribution >= 4 is 21.9 Å². The van der Waals surface area contributed by atoms with Crippen molar-refractivity contribution in [2.24, 2.45) is 0 Å². The molecule has 0 fully saturated rings. The van der Waals surface area contributed by atoms with Crippen LogP contribution >= 0.6 is 0 Å². The zero-order valence-electron chi connectivity index (χ0n) is 17.6. The molecule has 4 rings (SSSR count). The van der Waals surface area contributed by atoms with Crippen LogP contribution in [0.3, 0.4) is 0 Å². The average Bonchev–Trinajstić information content (AvgIpc) is 3.14. The van der Waals surface area contributed by atoms with Crippen LogP contribution in [0.2, 0.25) is 0 Å². The van der Waals surface area contributed by atoms with Gasteiger partial charge in [-0.1, -0.05) is 57.4 Å². The summed E-state index contributed by atoms with van der Waals surface area (Å²) < 4.78 is 64.8. The second-order valence-corrected chi connectivity index (χ2v) is 7.97. The number of benzene rings is 3. The maximum atomic E-state index is 15.0. The largest absolute Gasteiger partial charge is 0.456 e. The first-order valence-electron chi connectivity index (χ1n) is 10.8. The molecule has 0 spiro atoms. The standard InChI is InChI=1S/C26H24F4O/c1-3-5-6-8-15-9-11-16(12-10-15)18-14-20-22(26(30)24(18)28)21-19(31-20)13-17(7-4-2)23(27)25(21)29/h9-14H,3-8H2,1-2H3. The van der Waals surface area contributed by atoms with Gasteiger partial charge in [0.25, 0.3) is 0 Å². The molecule has 5 heteroatoms. The number of halogens is 4. The molecule has 1 aromatic heterocycles. The van der Waals surface area contributed by atoms with Crippen molar-refractivity contribution in [2.45, 2.75) is 52.4 Å². The number of unbranched alkanes of at least 4 members (excludes halogenated alkanes) is 2. The van der Waals surface area contributed by atoms with Crippen LogP contribution in [0.5, 0.6) is 0 Å². The van der Waals surface area contributed by atoms with Crippen molar-refractivity contribution in [1.29, 1.82) is 0 Å². The summed E-state index contributed by atoms with van der Waals surface area (Å²) in [5.74, 6) is -4.59. The Labute approximate surface area is 178 Å². The van der Waals surface area contributed by atoms with Gasteiger partial charge in [-0.3, -0.25) is 0 Å². The summed E-state index contributed by atoms with van der Waals surface area (Å²) in [4.78, 5) is 0. The van der Waals surface area contributed by atoms with Crippen LogP contribution in [0.15, 0.2) is 40.8 Å². The number of rotatable bonds is 7. The minimum Gasteiger partial charge on any atom is -0.456 e. The Kier molecular flexibility index (Phi) is 6.03.